The van der Waals surface area contributed by atoms with E-state index in [1.807, 2.05) is 0 Å². The van der Waals surface area contributed by atoms with Gasteiger partial charge < -0.3 is 10.2 Å². The number of hydrogen-bond donors (Lipinski definition) is 1. The fourth-order valence-electron chi connectivity index (χ4n) is 3.18. The molecule has 1 fully saturated rings. The predicted molar refractivity (Wildman–Crippen MR) is 93.3 cm³/mol. The molecule has 0 amide bonds. The van der Waals surface area contributed by atoms with Gasteiger partial charge in [-0.3, -0.25) is 0 Å². The summed E-state index contributed by atoms with van der Waals surface area (Å²) in [5.74, 6) is 0.886. The molecule has 1 aromatic rings. The molecule has 1 N–H and O–H groups in total. The van der Waals surface area contributed by atoms with E-state index in [1.165, 1.54) is 36.9 Å². The highest BCUT2D eigenvalue weighted by Gasteiger charge is 2.23. The molecule has 0 aromatic heterocycles. The van der Waals surface area contributed by atoms with Gasteiger partial charge in [0.25, 0.3) is 0 Å². The van der Waals surface area contributed by atoms with Crippen molar-refractivity contribution in [2.75, 3.05) is 18.5 Å². The number of rotatable bonds is 6. The molecule has 2 nitrogen and oxygen atoms in total. The van der Waals surface area contributed by atoms with Crippen LogP contribution in [0.5, 0.6) is 0 Å². The normalized spacial score (nSPS) is 22.3. The van der Waals surface area contributed by atoms with Gasteiger partial charge in [0, 0.05) is 19.6 Å². The van der Waals surface area contributed by atoms with Crippen molar-refractivity contribution in [3.8, 4) is 0 Å². The Morgan fingerprint density at radius 1 is 1.24 bits per heavy atom. The summed E-state index contributed by atoms with van der Waals surface area (Å²) < 4.78 is 0. The van der Waals surface area contributed by atoms with Crippen molar-refractivity contribution in [3.63, 3.8) is 0 Å². The molecule has 0 aliphatic heterocycles. The second-order valence-corrected chi connectivity index (χ2v) is 6.89. The fraction of sp³-hybridized carbons (Fsp3) is 0.667. The first-order valence-corrected chi connectivity index (χ1v) is 8.71. The van der Waals surface area contributed by atoms with Gasteiger partial charge in [-0.15, -0.1) is 0 Å². The Kier molecular flexibility index (Phi) is 6.38. The van der Waals surface area contributed by atoms with Crippen LogP contribution >= 0.6 is 11.6 Å². The zero-order valence-electron chi connectivity index (χ0n) is 13.7. The van der Waals surface area contributed by atoms with Crippen LogP contribution in [0.4, 0.5) is 5.69 Å². The highest BCUT2D eigenvalue weighted by molar-refractivity contribution is 6.33. The van der Waals surface area contributed by atoms with Gasteiger partial charge in [-0.25, -0.2) is 0 Å². The van der Waals surface area contributed by atoms with E-state index in [4.69, 9.17) is 11.6 Å². The number of nitrogens with zero attached hydrogens (tertiary/aromatic N) is 1. The Labute approximate surface area is 134 Å². The van der Waals surface area contributed by atoms with E-state index < -0.39 is 0 Å². The van der Waals surface area contributed by atoms with Gasteiger partial charge in [0.15, 0.2) is 0 Å². The minimum absolute atomic E-state index is 0.641. The molecule has 1 saturated carbocycles. The van der Waals surface area contributed by atoms with Crippen LogP contribution < -0.4 is 10.2 Å². The second-order valence-electron chi connectivity index (χ2n) is 6.49. The Bertz CT molecular complexity index is 439. The molecular formula is C18H29ClN2. The molecule has 0 atom stereocenters. The van der Waals surface area contributed by atoms with Crippen LogP contribution in [-0.2, 0) is 6.54 Å². The number of halogens is 1. The summed E-state index contributed by atoms with van der Waals surface area (Å²) in [6, 6.07) is 7.14. The zero-order valence-corrected chi connectivity index (χ0v) is 14.4. The van der Waals surface area contributed by atoms with Crippen LogP contribution in [0, 0.1) is 5.92 Å². The predicted octanol–water partition coefficient (Wildman–Crippen LogP) is 4.85. The topological polar surface area (TPSA) is 15.3 Å². The van der Waals surface area contributed by atoms with Crippen molar-refractivity contribution in [1.82, 2.24) is 5.32 Å². The number of anilines is 1. The first-order chi connectivity index (χ1) is 10.1. The molecule has 2 rings (SSSR count). The van der Waals surface area contributed by atoms with Crippen molar-refractivity contribution in [1.29, 1.82) is 0 Å². The van der Waals surface area contributed by atoms with E-state index in [0.29, 0.717) is 6.04 Å². The highest BCUT2D eigenvalue weighted by Crippen LogP contribution is 2.33. The molecule has 1 aliphatic carbocycles. The quantitative estimate of drug-likeness (QED) is 0.755. The molecular weight excluding hydrogens is 280 g/mol. The molecule has 1 aromatic carbocycles. The van der Waals surface area contributed by atoms with Gasteiger partial charge in [-0.1, -0.05) is 31.5 Å². The smallest absolute Gasteiger partial charge is 0.0642 e. The van der Waals surface area contributed by atoms with E-state index in [2.05, 4.69) is 49.3 Å². The number of hydrogen-bond acceptors (Lipinski definition) is 2. The van der Waals surface area contributed by atoms with E-state index >= 15 is 0 Å². The van der Waals surface area contributed by atoms with Crippen molar-refractivity contribution in [3.05, 3.63) is 28.8 Å². The van der Waals surface area contributed by atoms with Gasteiger partial charge in [0.1, 0.15) is 0 Å². The monoisotopic (exact) mass is 308 g/mol. The standard InChI is InChI=1S/C18H29ClN2/c1-4-11-20-13-15-7-10-18(17(19)12-15)21(3)16-8-5-14(2)6-9-16/h7,10,12,14,16,20H,4-6,8-9,11,13H2,1-3H3. The Balaban J connectivity index is 1.99. The summed E-state index contributed by atoms with van der Waals surface area (Å²) >= 11 is 6.52. The Morgan fingerprint density at radius 2 is 1.95 bits per heavy atom. The molecule has 0 radical (unpaired) electrons. The lowest BCUT2D eigenvalue weighted by Crippen LogP contribution is -2.35. The van der Waals surface area contributed by atoms with Gasteiger partial charge in [0.05, 0.1) is 10.7 Å². The van der Waals surface area contributed by atoms with Crippen LogP contribution in [0.25, 0.3) is 0 Å². The summed E-state index contributed by atoms with van der Waals surface area (Å²) in [7, 11) is 2.19. The average molecular weight is 309 g/mol. The van der Waals surface area contributed by atoms with Gasteiger partial charge in [0.2, 0.25) is 0 Å². The molecule has 0 unspecified atom stereocenters. The van der Waals surface area contributed by atoms with Crippen molar-refractivity contribution in [2.24, 2.45) is 5.92 Å². The average Bonchev–Trinajstić information content (AvgIpc) is 2.48. The van der Waals surface area contributed by atoms with E-state index in [-0.39, 0.29) is 0 Å². The maximum absolute atomic E-state index is 6.52. The molecule has 21 heavy (non-hydrogen) atoms. The molecule has 0 heterocycles. The van der Waals surface area contributed by atoms with E-state index in [9.17, 15) is 0 Å². The van der Waals surface area contributed by atoms with Gasteiger partial charge >= 0.3 is 0 Å². The first kappa shape index (κ1) is 16.6. The second kappa shape index (κ2) is 8.05. The summed E-state index contributed by atoms with van der Waals surface area (Å²) in [4.78, 5) is 2.39. The summed E-state index contributed by atoms with van der Waals surface area (Å²) in [6.45, 7) is 6.50. The summed E-state index contributed by atoms with van der Waals surface area (Å²) in [5.41, 5.74) is 2.44. The third-order valence-corrected chi connectivity index (χ3v) is 4.98. The zero-order chi connectivity index (χ0) is 15.2. The third-order valence-electron chi connectivity index (χ3n) is 4.68. The first-order valence-electron chi connectivity index (χ1n) is 8.33. The molecule has 0 saturated heterocycles. The number of nitrogens with one attached hydrogen (secondary N) is 1. The maximum Gasteiger partial charge on any atom is 0.0642 e. The lowest BCUT2D eigenvalue weighted by Gasteiger charge is -2.35. The van der Waals surface area contributed by atoms with Gasteiger partial charge in [-0.05, 0) is 62.3 Å². The fourth-order valence-corrected chi connectivity index (χ4v) is 3.52. The van der Waals surface area contributed by atoms with Crippen molar-refractivity contribution < 1.29 is 0 Å². The molecule has 0 bridgehead atoms. The van der Waals surface area contributed by atoms with Crippen LogP contribution in [-0.4, -0.2) is 19.6 Å². The molecule has 3 heteroatoms. The van der Waals surface area contributed by atoms with E-state index in [1.54, 1.807) is 0 Å². The van der Waals surface area contributed by atoms with Crippen molar-refractivity contribution in [2.45, 2.75) is 58.5 Å². The Morgan fingerprint density at radius 3 is 2.57 bits per heavy atom. The molecule has 118 valence electrons. The summed E-state index contributed by atoms with van der Waals surface area (Å²) in [6.07, 6.45) is 6.41. The lowest BCUT2D eigenvalue weighted by atomic mass is 9.86. The van der Waals surface area contributed by atoms with Crippen molar-refractivity contribution >= 4 is 17.3 Å². The highest BCUT2D eigenvalue weighted by atomic mass is 35.5. The third kappa shape index (κ3) is 4.62. The maximum atomic E-state index is 6.52. The lowest BCUT2D eigenvalue weighted by molar-refractivity contribution is 0.341. The summed E-state index contributed by atoms with van der Waals surface area (Å²) in [5, 5.41) is 4.30. The van der Waals surface area contributed by atoms with E-state index in [0.717, 1.165) is 30.5 Å². The molecule has 0 spiro atoms. The van der Waals surface area contributed by atoms with Gasteiger partial charge in [-0.2, -0.15) is 0 Å². The number of benzene rings is 1. The minimum atomic E-state index is 0.641. The minimum Gasteiger partial charge on any atom is -0.370 e. The van der Waals surface area contributed by atoms with Crippen LogP contribution in [0.1, 0.15) is 51.5 Å². The molecule has 1 aliphatic rings. The van der Waals surface area contributed by atoms with Crippen LogP contribution in [0.15, 0.2) is 18.2 Å². The van der Waals surface area contributed by atoms with Crippen LogP contribution in [0.2, 0.25) is 5.02 Å². The van der Waals surface area contributed by atoms with Crippen LogP contribution in [0.3, 0.4) is 0 Å². The Hall–Kier alpha value is -0.730. The SMILES string of the molecule is CCCNCc1ccc(N(C)C2CCC(C)CC2)c(Cl)c1. The largest absolute Gasteiger partial charge is 0.370 e.